The maximum absolute atomic E-state index is 5.74. The zero-order valence-electron chi connectivity index (χ0n) is 12.4. The number of hydrogen-bond donors (Lipinski definition) is 0. The van der Waals surface area contributed by atoms with Gasteiger partial charge in [-0.25, -0.2) is 4.98 Å². The smallest absolute Gasteiger partial charge is 0.166 e. The average molecular weight is 267 g/mol. The van der Waals surface area contributed by atoms with Crippen LogP contribution in [0.4, 0.5) is 0 Å². The summed E-state index contributed by atoms with van der Waals surface area (Å²) in [5.74, 6) is 0. The van der Waals surface area contributed by atoms with Gasteiger partial charge in [0.2, 0.25) is 0 Å². The lowest BCUT2D eigenvalue weighted by Gasteiger charge is -2.28. The Morgan fingerprint density at radius 2 is 1.44 bits per heavy atom. The van der Waals surface area contributed by atoms with E-state index < -0.39 is 8.07 Å². The highest BCUT2D eigenvalue weighted by molar-refractivity contribution is 6.90. The maximum Gasteiger partial charge on any atom is 0.166 e. The van der Waals surface area contributed by atoms with Gasteiger partial charge in [0.05, 0.1) is 6.20 Å². The molecule has 1 heterocycles. The Hall–Kier alpha value is -0.573. The highest BCUT2D eigenvalue weighted by Gasteiger charge is 2.37. The van der Waals surface area contributed by atoms with E-state index in [0.29, 0.717) is 0 Å². The number of aromatic nitrogens is 1. The van der Waals surface area contributed by atoms with E-state index in [2.05, 4.69) is 25.8 Å². The second-order valence-electron chi connectivity index (χ2n) is 5.43. The first-order valence-electron chi connectivity index (χ1n) is 7.69. The van der Waals surface area contributed by atoms with E-state index in [1.165, 1.54) is 56.7 Å². The summed E-state index contributed by atoms with van der Waals surface area (Å²) in [6.45, 7) is 6.86. The van der Waals surface area contributed by atoms with E-state index in [1.54, 1.807) is 6.26 Å². The summed E-state index contributed by atoms with van der Waals surface area (Å²) in [5.41, 5.74) is 1.12. The molecule has 3 heteroatoms. The molecular weight excluding hydrogens is 238 g/mol. The first-order valence-corrected chi connectivity index (χ1v) is 10.3. The van der Waals surface area contributed by atoms with Gasteiger partial charge in [0.25, 0.3) is 0 Å². The van der Waals surface area contributed by atoms with Crippen LogP contribution in [0.15, 0.2) is 16.9 Å². The Balaban J connectivity index is 2.84. The molecule has 0 radical (unpaired) electrons. The van der Waals surface area contributed by atoms with Gasteiger partial charge in [0.1, 0.15) is 6.26 Å². The molecule has 0 aliphatic carbocycles. The molecular formula is C15H29NOSi. The number of nitrogens with zero attached hydrogens (tertiary/aromatic N) is 1. The van der Waals surface area contributed by atoms with E-state index in [4.69, 9.17) is 4.42 Å². The molecule has 18 heavy (non-hydrogen) atoms. The molecule has 0 saturated carbocycles. The Kier molecular flexibility index (Phi) is 7.33. The summed E-state index contributed by atoms with van der Waals surface area (Å²) in [6.07, 6.45) is 11.5. The van der Waals surface area contributed by atoms with Gasteiger partial charge in [-0.15, -0.1) is 0 Å². The summed E-state index contributed by atoms with van der Waals surface area (Å²) < 4.78 is 5.74. The molecule has 0 atom stereocenters. The second-order valence-corrected chi connectivity index (χ2v) is 9.92. The van der Waals surface area contributed by atoms with Gasteiger partial charge in [-0.2, -0.15) is 0 Å². The van der Waals surface area contributed by atoms with Crippen LogP contribution < -0.4 is 5.51 Å². The van der Waals surface area contributed by atoms with Crippen LogP contribution in [-0.4, -0.2) is 13.1 Å². The third kappa shape index (κ3) is 4.27. The van der Waals surface area contributed by atoms with Gasteiger partial charge in [-0.3, -0.25) is 0 Å². The van der Waals surface area contributed by atoms with Crippen LogP contribution in [0.25, 0.3) is 0 Å². The van der Waals surface area contributed by atoms with Crippen LogP contribution in [-0.2, 0) is 0 Å². The standard InChI is InChI=1S/C15H29NOSi/c1-4-7-12-18(13-8-5-2,14-9-6-3)15-16-10-11-17-15/h10-11H,4-9,12-14H2,1-3H3. The largest absolute Gasteiger partial charge is 0.454 e. The van der Waals surface area contributed by atoms with E-state index in [9.17, 15) is 0 Å². The van der Waals surface area contributed by atoms with E-state index in [0.717, 1.165) is 5.51 Å². The van der Waals surface area contributed by atoms with Gasteiger partial charge in [0.15, 0.2) is 13.6 Å². The maximum atomic E-state index is 5.74. The molecule has 0 aliphatic rings. The third-order valence-electron chi connectivity index (χ3n) is 3.91. The van der Waals surface area contributed by atoms with Crippen molar-refractivity contribution in [3.8, 4) is 0 Å². The lowest BCUT2D eigenvalue weighted by atomic mass is 10.4. The van der Waals surface area contributed by atoms with Crippen LogP contribution in [0.1, 0.15) is 59.3 Å². The Morgan fingerprint density at radius 1 is 0.944 bits per heavy atom. The normalized spacial score (nSPS) is 11.9. The van der Waals surface area contributed by atoms with Crippen molar-refractivity contribution < 1.29 is 4.42 Å². The first kappa shape index (κ1) is 15.5. The molecule has 0 bridgehead atoms. The number of oxazole rings is 1. The molecule has 0 spiro atoms. The van der Waals surface area contributed by atoms with Gasteiger partial charge < -0.3 is 4.42 Å². The summed E-state index contributed by atoms with van der Waals surface area (Å²) in [4.78, 5) is 4.54. The Morgan fingerprint density at radius 3 is 1.78 bits per heavy atom. The lowest BCUT2D eigenvalue weighted by Crippen LogP contribution is -2.48. The monoisotopic (exact) mass is 267 g/mol. The van der Waals surface area contributed by atoms with Crippen LogP contribution >= 0.6 is 0 Å². The van der Waals surface area contributed by atoms with Crippen molar-refractivity contribution in [2.75, 3.05) is 0 Å². The summed E-state index contributed by atoms with van der Waals surface area (Å²) in [6, 6.07) is 4.10. The van der Waals surface area contributed by atoms with Crippen molar-refractivity contribution in [1.29, 1.82) is 0 Å². The molecule has 0 aromatic carbocycles. The minimum Gasteiger partial charge on any atom is -0.454 e. The van der Waals surface area contributed by atoms with Crippen molar-refractivity contribution in [3.05, 3.63) is 12.5 Å². The topological polar surface area (TPSA) is 26.0 Å². The predicted octanol–water partition coefficient (Wildman–Crippen LogP) is 4.73. The Labute approximate surface area is 113 Å². The average Bonchev–Trinajstić information content (AvgIpc) is 2.93. The third-order valence-corrected chi connectivity index (χ3v) is 9.00. The molecule has 0 N–H and O–H groups in total. The molecule has 1 aromatic rings. The fourth-order valence-corrected chi connectivity index (χ4v) is 7.88. The summed E-state index contributed by atoms with van der Waals surface area (Å²) in [7, 11) is -1.46. The van der Waals surface area contributed by atoms with Gasteiger partial charge >= 0.3 is 0 Å². The minimum atomic E-state index is -1.46. The van der Waals surface area contributed by atoms with Crippen molar-refractivity contribution in [2.24, 2.45) is 0 Å². The molecule has 0 aliphatic heterocycles. The first-order chi connectivity index (χ1) is 8.79. The van der Waals surface area contributed by atoms with Crippen LogP contribution in [0.5, 0.6) is 0 Å². The van der Waals surface area contributed by atoms with E-state index in [-0.39, 0.29) is 0 Å². The molecule has 2 nitrogen and oxygen atoms in total. The Bertz CT molecular complexity index is 276. The SMILES string of the molecule is CCCC[Si](CCCC)(CCCC)c1ncco1. The molecule has 104 valence electrons. The van der Waals surface area contributed by atoms with Crippen molar-refractivity contribution >= 4 is 13.6 Å². The fraction of sp³-hybridized carbons (Fsp3) is 0.800. The number of hydrogen-bond acceptors (Lipinski definition) is 2. The van der Waals surface area contributed by atoms with Crippen LogP contribution in [0.3, 0.4) is 0 Å². The molecule has 0 amide bonds. The lowest BCUT2D eigenvalue weighted by molar-refractivity contribution is 0.585. The minimum absolute atomic E-state index is 1.12. The van der Waals surface area contributed by atoms with E-state index >= 15 is 0 Å². The zero-order valence-corrected chi connectivity index (χ0v) is 13.4. The number of rotatable bonds is 10. The second kappa shape index (κ2) is 8.52. The highest BCUT2D eigenvalue weighted by Crippen LogP contribution is 2.27. The van der Waals surface area contributed by atoms with Crippen molar-refractivity contribution in [2.45, 2.75) is 77.4 Å². The molecule has 0 unspecified atom stereocenters. The van der Waals surface area contributed by atoms with Crippen molar-refractivity contribution in [1.82, 2.24) is 4.98 Å². The fourth-order valence-electron chi connectivity index (χ4n) is 2.73. The molecule has 1 aromatic heterocycles. The van der Waals surface area contributed by atoms with Gasteiger partial charge in [-0.05, 0) is 18.1 Å². The zero-order chi connectivity index (χ0) is 13.3. The van der Waals surface area contributed by atoms with Crippen LogP contribution in [0, 0.1) is 0 Å². The van der Waals surface area contributed by atoms with Gasteiger partial charge in [0, 0.05) is 0 Å². The van der Waals surface area contributed by atoms with Crippen LogP contribution in [0.2, 0.25) is 18.1 Å². The number of unbranched alkanes of at least 4 members (excludes halogenated alkanes) is 3. The summed E-state index contributed by atoms with van der Waals surface area (Å²) in [5, 5.41) is 0. The van der Waals surface area contributed by atoms with E-state index in [1.807, 2.05) is 6.20 Å². The quantitative estimate of drug-likeness (QED) is 0.573. The molecule has 0 fully saturated rings. The molecule has 0 saturated heterocycles. The predicted molar refractivity (Wildman–Crippen MR) is 81.0 cm³/mol. The van der Waals surface area contributed by atoms with Gasteiger partial charge in [-0.1, -0.05) is 59.3 Å². The molecule has 1 rings (SSSR count). The van der Waals surface area contributed by atoms with Crippen molar-refractivity contribution in [3.63, 3.8) is 0 Å². The highest BCUT2D eigenvalue weighted by atomic mass is 28.3. The summed E-state index contributed by atoms with van der Waals surface area (Å²) >= 11 is 0.